The van der Waals surface area contributed by atoms with Gasteiger partial charge in [0.05, 0.1) is 0 Å². The predicted octanol–water partition coefficient (Wildman–Crippen LogP) is 4.39. The zero-order valence-electron chi connectivity index (χ0n) is 9.74. The minimum atomic E-state index is 1.88. The smallest absolute Gasteiger partial charge is 0.000442 e. The van der Waals surface area contributed by atoms with Gasteiger partial charge in [-0.05, 0) is 12.1 Å². The molecule has 0 radical (unpaired) electrons. The molecule has 1 heteroatoms. The van der Waals surface area contributed by atoms with Crippen LogP contribution in [0.4, 0.5) is 0 Å². The van der Waals surface area contributed by atoms with Crippen LogP contribution in [0.2, 0.25) is 0 Å². The van der Waals surface area contributed by atoms with Gasteiger partial charge in [0, 0.05) is 12.4 Å². The second kappa shape index (κ2) is 10.2. The molecule has 0 saturated carbocycles. The molecule has 0 atom stereocenters. The van der Waals surface area contributed by atoms with Crippen molar-refractivity contribution in [2.24, 2.45) is 0 Å². The molecule has 1 rings (SSSR count). The van der Waals surface area contributed by atoms with Gasteiger partial charge in [-0.1, -0.05) is 72.8 Å². The molecule has 0 unspecified atom stereocenters. The van der Waals surface area contributed by atoms with Crippen molar-refractivity contribution in [2.45, 2.75) is 0 Å². The Balaban J connectivity index is 3.01. The molecule has 0 fully saturated rings. The third-order valence-corrected chi connectivity index (χ3v) is 1.83. The van der Waals surface area contributed by atoms with Crippen molar-refractivity contribution in [3.8, 4) is 0 Å². The number of H-pyrrole nitrogens is 1. The van der Waals surface area contributed by atoms with Gasteiger partial charge in [-0.25, -0.2) is 0 Å². The number of aromatic amines is 1. The van der Waals surface area contributed by atoms with Crippen LogP contribution in [0.15, 0.2) is 97.3 Å². The summed E-state index contributed by atoms with van der Waals surface area (Å²) in [6, 6.07) is 27.7. The van der Waals surface area contributed by atoms with Crippen LogP contribution in [-0.4, -0.2) is 4.98 Å². The van der Waals surface area contributed by atoms with Crippen LogP contribution >= 0.6 is 0 Å². The van der Waals surface area contributed by atoms with Crippen LogP contribution in [0.25, 0.3) is 0 Å². The molecule has 1 aromatic rings. The van der Waals surface area contributed by atoms with E-state index in [2.05, 4.69) is 4.98 Å². The topological polar surface area (TPSA) is 15.8 Å². The Labute approximate surface area is 103 Å². The fourth-order valence-corrected chi connectivity index (χ4v) is 1.05. The summed E-state index contributed by atoms with van der Waals surface area (Å²) in [7, 11) is 0. The van der Waals surface area contributed by atoms with Gasteiger partial charge in [0.15, 0.2) is 0 Å². The molecule has 0 aliphatic rings. The Morgan fingerprint density at radius 2 is 0.529 bits per heavy atom. The van der Waals surface area contributed by atoms with Crippen LogP contribution in [0.5, 0.6) is 0 Å². The first-order valence-electron chi connectivity index (χ1n) is 5.58. The Bertz CT molecular complexity index is 276. The molecule has 1 heterocycles. The maximum Gasteiger partial charge on any atom is 0.000442 e. The fraction of sp³-hybridized carbons (Fsp3) is 0. The van der Waals surface area contributed by atoms with E-state index in [1.54, 1.807) is 0 Å². The summed E-state index contributed by atoms with van der Waals surface area (Å²) in [6.07, 6.45) is 3.75. The summed E-state index contributed by atoms with van der Waals surface area (Å²) in [4.78, 5) is 3.04. The van der Waals surface area contributed by atoms with E-state index in [4.69, 9.17) is 0 Å². The summed E-state index contributed by atoms with van der Waals surface area (Å²) >= 11 is 0. The molecule has 0 spiro atoms. The van der Waals surface area contributed by atoms with Crippen LogP contribution in [0.3, 0.4) is 0 Å². The molecular formula is C16H17N. The second-order valence-electron chi connectivity index (χ2n) is 3.19. The highest BCUT2D eigenvalue weighted by atomic mass is 14.6. The quantitative estimate of drug-likeness (QED) is 0.671. The lowest BCUT2D eigenvalue weighted by Crippen LogP contribution is -1.54. The van der Waals surface area contributed by atoms with Gasteiger partial charge in [0.2, 0.25) is 0 Å². The van der Waals surface area contributed by atoms with Crippen molar-refractivity contribution in [1.82, 2.24) is 4.98 Å². The average molecular weight is 223 g/mol. The Morgan fingerprint density at radius 3 is 0.824 bits per heavy atom. The molecule has 0 aromatic carbocycles. The number of rotatable bonds is 0. The SMILES string of the molecule is c1cccccccc[nH]ccccccc1. The fourth-order valence-electron chi connectivity index (χ4n) is 1.05. The molecule has 1 nitrogen and oxygen atoms in total. The van der Waals surface area contributed by atoms with Crippen LogP contribution in [0.1, 0.15) is 0 Å². The monoisotopic (exact) mass is 223 g/mol. The average Bonchev–Trinajstić information content (AvgIpc) is 2.35. The highest BCUT2D eigenvalue weighted by Crippen LogP contribution is 1.79. The zero-order valence-corrected chi connectivity index (χ0v) is 9.74. The van der Waals surface area contributed by atoms with Crippen molar-refractivity contribution < 1.29 is 0 Å². The third-order valence-electron chi connectivity index (χ3n) is 1.83. The van der Waals surface area contributed by atoms with Crippen LogP contribution in [-0.2, 0) is 0 Å². The number of hydrogen-bond acceptors (Lipinski definition) is 0. The highest BCUT2D eigenvalue weighted by Gasteiger charge is 1.58. The van der Waals surface area contributed by atoms with Crippen LogP contribution in [0, 0.1) is 0 Å². The van der Waals surface area contributed by atoms with E-state index >= 15 is 0 Å². The Morgan fingerprint density at radius 1 is 0.294 bits per heavy atom. The maximum absolute atomic E-state index is 3.04. The van der Waals surface area contributed by atoms with Crippen molar-refractivity contribution in [2.75, 3.05) is 0 Å². The lowest BCUT2D eigenvalue weighted by Gasteiger charge is -1.70. The van der Waals surface area contributed by atoms with Crippen LogP contribution < -0.4 is 0 Å². The first-order valence-corrected chi connectivity index (χ1v) is 5.58. The number of hydrogen-bond donors (Lipinski definition) is 1. The van der Waals surface area contributed by atoms with Gasteiger partial charge >= 0.3 is 0 Å². The largest absolute Gasteiger partial charge is 0.368 e. The number of nitrogens with one attached hydrogen (secondary N) is 1. The molecule has 0 saturated heterocycles. The van der Waals surface area contributed by atoms with Crippen molar-refractivity contribution in [3.63, 3.8) is 0 Å². The third kappa shape index (κ3) is 8.70. The van der Waals surface area contributed by atoms with E-state index in [1.807, 2.05) is 97.3 Å². The standard InChI is InChI=1S/C16H17N/c1-2-4-6-8-10-12-14-16-17-15-13-11-9-7-5-3-1/h1-17H. The van der Waals surface area contributed by atoms with Crippen molar-refractivity contribution in [3.05, 3.63) is 97.3 Å². The first kappa shape index (κ1) is 12.8. The Kier molecular flexibility index (Phi) is 7.71. The summed E-state index contributed by atoms with van der Waals surface area (Å²) in [5, 5.41) is 0. The van der Waals surface area contributed by atoms with E-state index in [0.29, 0.717) is 0 Å². The summed E-state index contributed by atoms with van der Waals surface area (Å²) < 4.78 is 0. The van der Waals surface area contributed by atoms with Gasteiger partial charge in [0.1, 0.15) is 0 Å². The van der Waals surface area contributed by atoms with Gasteiger partial charge in [-0.2, -0.15) is 0 Å². The second-order valence-corrected chi connectivity index (χ2v) is 3.19. The number of aromatic nitrogens is 1. The molecule has 0 bridgehead atoms. The first-order chi connectivity index (χ1) is 8.50. The maximum atomic E-state index is 3.04. The van der Waals surface area contributed by atoms with Gasteiger partial charge in [-0.15, -0.1) is 0 Å². The molecule has 0 amide bonds. The van der Waals surface area contributed by atoms with Gasteiger partial charge in [0.25, 0.3) is 0 Å². The van der Waals surface area contributed by atoms with Crippen molar-refractivity contribution in [1.29, 1.82) is 0 Å². The summed E-state index contributed by atoms with van der Waals surface area (Å²) in [5.74, 6) is 0. The minimum Gasteiger partial charge on any atom is -0.368 e. The van der Waals surface area contributed by atoms with E-state index in [0.717, 1.165) is 0 Å². The molecular weight excluding hydrogens is 206 g/mol. The molecule has 1 aromatic heterocycles. The summed E-state index contributed by atoms with van der Waals surface area (Å²) in [5.41, 5.74) is 0. The van der Waals surface area contributed by atoms with Gasteiger partial charge < -0.3 is 4.98 Å². The minimum absolute atomic E-state index is 1.88. The molecule has 0 aliphatic carbocycles. The van der Waals surface area contributed by atoms with E-state index in [9.17, 15) is 0 Å². The zero-order chi connectivity index (χ0) is 12.0. The van der Waals surface area contributed by atoms with Gasteiger partial charge in [-0.3, -0.25) is 0 Å². The predicted molar refractivity (Wildman–Crippen MR) is 73.7 cm³/mol. The lowest BCUT2D eigenvalue weighted by atomic mass is 10.4. The lowest BCUT2D eigenvalue weighted by molar-refractivity contribution is 1.35. The molecule has 1 N–H and O–H groups in total. The van der Waals surface area contributed by atoms with E-state index in [1.165, 1.54) is 0 Å². The Hall–Kier alpha value is -2.28. The molecule has 86 valence electrons. The molecule has 0 aliphatic heterocycles. The molecule has 17 heavy (non-hydrogen) atoms. The summed E-state index contributed by atoms with van der Waals surface area (Å²) in [6.45, 7) is 0. The van der Waals surface area contributed by atoms with Crippen molar-refractivity contribution >= 4 is 0 Å². The van der Waals surface area contributed by atoms with E-state index in [-0.39, 0.29) is 0 Å². The van der Waals surface area contributed by atoms with E-state index < -0.39 is 0 Å². The normalized spacial score (nSPS) is 8.00. The highest BCUT2D eigenvalue weighted by molar-refractivity contribution is 4.97.